The Hall–Kier alpha value is -1.08. The third-order valence-electron chi connectivity index (χ3n) is 3.08. The smallest absolute Gasteiger partial charge is 0.229 e. The first-order valence-electron chi connectivity index (χ1n) is 6.82. The maximum atomic E-state index is 5.96. The van der Waals surface area contributed by atoms with Crippen LogP contribution in [0.3, 0.4) is 0 Å². The van der Waals surface area contributed by atoms with Gasteiger partial charge in [-0.25, -0.2) is 0 Å². The average Bonchev–Trinajstić information content (AvgIpc) is 2.94. The summed E-state index contributed by atoms with van der Waals surface area (Å²) in [5, 5.41) is 8.02. The van der Waals surface area contributed by atoms with Crippen LogP contribution in [-0.2, 0) is 16.9 Å². The van der Waals surface area contributed by atoms with E-state index in [4.69, 9.17) is 20.9 Å². The second-order valence-electron chi connectivity index (χ2n) is 4.75. The van der Waals surface area contributed by atoms with Crippen molar-refractivity contribution >= 4 is 23.4 Å². The van der Waals surface area contributed by atoms with Crippen molar-refractivity contribution in [1.82, 2.24) is 15.5 Å². The minimum absolute atomic E-state index is 0.118. The molecular formula is C14H16ClN3O2S. The second-order valence-corrected chi connectivity index (χ2v) is 6.24. The largest absolute Gasteiger partial charge is 0.375 e. The molecule has 1 saturated heterocycles. The van der Waals surface area contributed by atoms with Gasteiger partial charge in [0.15, 0.2) is 5.82 Å². The van der Waals surface area contributed by atoms with Gasteiger partial charge < -0.3 is 14.6 Å². The van der Waals surface area contributed by atoms with Crippen LogP contribution in [0, 0.1) is 0 Å². The van der Waals surface area contributed by atoms with Gasteiger partial charge in [-0.15, -0.1) is 11.8 Å². The SMILES string of the molecule is Clc1cccc(SCc2noc(CC3CNCCO3)n2)c1. The third-order valence-corrected chi connectivity index (χ3v) is 4.31. The van der Waals surface area contributed by atoms with Gasteiger partial charge in [0.2, 0.25) is 5.89 Å². The molecule has 1 aliphatic heterocycles. The quantitative estimate of drug-likeness (QED) is 0.853. The Morgan fingerprint density at radius 1 is 1.43 bits per heavy atom. The Balaban J connectivity index is 1.52. The average molecular weight is 326 g/mol. The van der Waals surface area contributed by atoms with Crippen LogP contribution in [-0.4, -0.2) is 35.9 Å². The van der Waals surface area contributed by atoms with Gasteiger partial charge in [-0.2, -0.15) is 4.98 Å². The molecule has 1 unspecified atom stereocenters. The molecule has 1 aromatic carbocycles. The Labute approximate surface area is 132 Å². The number of ether oxygens (including phenoxy) is 1. The van der Waals surface area contributed by atoms with Crippen LogP contribution < -0.4 is 5.32 Å². The Bertz CT molecular complexity index is 587. The molecule has 1 aliphatic rings. The lowest BCUT2D eigenvalue weighted by atomic mass is 10.2. The van der Waals surface area contributed by atoms with E-state index in [0.717, 1.165) is 29.6 Å². The van der Waals surface area contributed by atoms with Crippen LogP contribution in [0.25, 0.3) is 0 Å². The van der Waals surface area contributed by atoms with Gasteiger partial charge in [0.25, 0.3) is 0 Å². The Morgan fingerprint density at radius 2 is 2.38 bits per heavy atom. The molecule has 21 heavy (non-hydrogen) atoms. The van der Waals surface area contributed by atoms with Crippen molar-refractivity contribution in [2.24, 2.45) is 0 Å². The fourth-order valence-electron chi connectivity index (χ4n) is 2.08. The van der Waals surface area contributed by atoms with Gasteiger partial charge in [0.05, 0.1) is 24.9 Å². The summed E-state index contributed by atoms with van der Waals surface area (Å²) in [6, 6.07) is 7.73. The Kier molecular flexibility index (Phi) is 5.13. The highest BCUT2D eigenvalue weighted by Gasteiger charge is 2.17. The fraction of sp³-hybridized carbons (Fsp3) is 0.429. The molecule has 0 saturated carbocycles. The van der Waals surface area contributed by atoms with Crippen molar-refractivity contribution in [2.75, 3.05) is 19.7 Å². The first-order valence-corrected chi connectivity index (χ1v) is 8.18. The molecule has 0 radical (unpaired) electrons. The van der Waals surface area contributed by atoms with Gasteiger partial charge in [0.1, 0.15) is 0 Å². The summed E-state index contributed by atoms with van der Waals surface area (Å²) in [4.78, 5) is 5.49. The van der Waals surface area contributed by atoms with E-state index in [9.17, 15) is 0 Å². The van der Waals surface area contributed by atoms with E-state index in [1.54, 1.807) is 11.8 Å². The zero-order valence-electron chi connectivity index (χ0n) is 11.4. The monoisotopic (exact) mass is 325 g/mol. The van der Waals surface area contributed by atoms with Crippen molar-refractivity contribution in [2.45, 2.75) is 23.2 Å². The molecule has 7 heteroatoms. The first-order chi connectivity index (χ1) is 10.3. The normalized spacial score (nSPS) is 18.8. The number of aromatic nitrogens is 2. The van der Waals surface area contributed by atoms with Crippen LogP contribution in [0.5, 0.6) is 0 Å². The number of hydrogen-bond acceptors (Lipinski definition) is 6. The number of morpholine rings is 1. The number of benzene rings is 1. The lowest BCUT2D eigenvalue weighted by Crippen LogP contribution is -2.39. The summed E-state index contributed by atoms with van der Waals surface area (Å²) in [6.45, 7) is 2.47. The summed E-state index contributed by atoms with van der Waals surface area (Å²) >= 11 is 7.59. The van der Waals surface area contributed by atoms with E-state index in [1.807, 2.05) is 24.3 Å². The number of halogens is 1. The molecular weight excluding hydrogens is 310 g/mol. The summed E-state index contributed by atoms with van der Waals surface area (Å²) < 4.78 is 10.9. The van der Waals surface area contributed by atoms with Crippen LogP contribution in [0.15, 0.2) is 33.7 Å². The summed E-state index contributed by atoms with van der Waals surface area (Å²) in [5.74, 6) is 1.98. The number of rotatable bonds is 5. The Morgan fingerprint density at radius 3 is 3.19 bits per heavy atom. The van der Waals surface area contributed by atoms with Gasteiger partial charge in [0, 0.05) is 23.0 Å². The molecule has 5 nitrogen and oxygen atoms in total. The predicted octanol–water partition coefficient (Wildman–Crippen LogP) is 2.55. The predicted molar refractivity (Wildman–Crippen MR) is 81.6 cm³/mol. The molecule has 1 atom stereocenters. The first kappa shape index (κ1) is 14.8. The number of nitrogens with one attached hydrogen (secondary N) is 1. The topological polar surface area (TPSA) is 60.2 Å². The molecule has 1 aromatic heterocycles. The maximum absolute atomic E-state index is 5.96. The highest BCUT2D eigenvalue weighted by atomic mass is 35.5. The number of nitrogens with zero attached hydrogens (tertiary/aromatic N) is 2. The van der Waals surface area contributed by atoms with Gasteiger partial charge in [-0.1, -0.05) is 22.8 Å². The lowest BCUT2D eigenvalue weighted by Gasteiger charge is -2.21. The van der Waals surface area contributed by atoms with E-state index in [-0.39, 0.29) is 6.10 Å². The highest BCUT2D eigenvalue weighted by Crippen LogP contribution is 2.24. The number of thioether (sulfide) groups is 1. The summed E-state index contributed by atoms with van der Waals surface area (Å²) in [7, 11) is 0. The molecule has 0 spiro atoms. The van der Waals surface area contributed by atoms with Gasteiger partial charge >= 0.3 is 0 Å². The van der Waals surface area contributed by atoms with Crippen LogP contribution >= 0.6 is 23.4 Å². The second kappa shape index (κ2) is 7.26. The minimum Gasteiger partial charge on any atom is -0.375 e. The van der Waals surface area contributed by atoms with Crippen molar-refractivity contribution in [3.05, 3.63) is 41.0 Å². The van der Waals surface area contributed by atoms with Gasteiger partial charge in [-0.3, -0.25) is 0 Å². The third kappa shape index (κ3) is 4.44. The summed E-state index contributed by atoms with van der Waals surface area (Å²) in [5.41, 5.74) is 0. The molecule has 0 bridgehead atoms. The zero-order chi connectivity index (χ0) is 14.5. The fourth-order valence-corrected chi connectivity index (χ4v) is 3.14. The van der Waals surface area contributed by atoms with Crippen molar-refractivity contribution in [3.63, 3.8) is 0 Å². The molecule has 0 aliphatic carbocycles. The van der Waals surface area contributed by atoms with E-state index >= 15 is 0 Å². The van der Waals surface area contributed by atoms with Crippen molar-refractivity contribution in [3.8, 4) is 0 Å². The molecule has 112 valence electrons. The van der Waals surface area contributed by atoms with Crippen molar-refractivity contribution in [1.29, 1.82) is 0 Å². The molecule has 0 amide bonds. The van der Waals surface area contributed by atoms with E-state index in [2.05, 4.69) is 15.5 Å². The molecule has 1 N–H and O–H groups in total. The van der Waals surface area contributed by atoms with Crippen molar-refractivity contribution < 1.29 is 9.26 Å². The molecule has 1 fully saturated rings. The zero-order valence-corrected chi connectivity index (χ0v) is 13.0. The van der Waals surface area contributed by atoms with Crippen LogP contribution in [0.1, 0.15) is 11.7 Å². The standard InChI is InChI=1S/C14H16ClN3O2S/c15-10-2-1-3-12(6-10)21-9-13-17-14(20-18-13)7-11-8-16-4-5-19-11/h1-3,6,11,16H,4-5,7-9H2. The highest BCUT2D eigenvalue weighted by molar-refractivity contribution is 7.98. The van der Waals surface area contributed by atoms with Crippen LogP contribution in [0.2, 0.25) is 5.02 Å². The molecule has 2 heterocycles. The maximum Gasteiger partial charge on any atom is 0.229 e. The summed E-state index contributed by atoms with van der Waals surface area (Å²) in [6.07, 6.45) is 0.773. The van der Waals surface area contributed by atoms with E-state index in [0.29, 0.717) is 23.9 Å². The van der Waals surface area contributed by atoms with Gasteiger partial charge in [-0.05, 0) is 18.2 Å². The van der Waals surface area contributed by atoms with E-state index in [1.165, 1.54) is 0 Å². The number of hydrogen-bond donors (Lipinski definition) is 1. The lowest BCUT2D eigenvalue weighted by molar-refractivity contribution is 0.0246. The van der Waals surface area contributed by atoms with E-state index < -0.39 is 0 Å². The molecule has 2 aromatic rings. The minimum atomic E-state index is 0.118. The van der Waals surface area contributed by atoms with Crippen LogP contribution in [0.4, 0.5) is 0 Å². The molecule has 3 rings (SSSR count).